The Bertz CT molecular complexity index is 1040. The van der Waals surface area contributed by atoms with Crippen LogP contribution in [0.5, 0.6) is 0 Å². The maximum absolute atomic E-state index is 13.6. The molecule has 0 unspecified atom stereocenters. The van der Waals surface area contributed by atoms with Crippen LogP contribution >= 0.6 is 0 Å². The number of halogens is 3. The molecule has 0 amide bonds. The lowest BCUT2D eigenvalue weighted by Gasteiger charge is -2.05. The highest BCUT2D eigenvalue weighted by Crippen LogP contribution is 2.32. The van der Waals surface area contributed by atoms with E-state index in [0.717, 1.165) is 28.6 Å². The van der Waals surface area contributed by atoms with Gasteiger partial charge in [-0.1, -0.05) is 12.1 Å². The van der Waals surface area contributed by atoms with Crippen molar-refractivity contribution in [2.24, 2.45) is 0 Å². The Balaban J connectivity index is 1.92. The summed E-state index contributed by atoms with van der Waals surface area (Å²) in [5.41, 5.74) is 2.70. The lowest BCUT2D eigenvalue weighted by atomic mass is 10.0. The standard InChI is InChI=1S/C17H11F3N4/c1-8-22-16(9-2-3-10-7-21-24-14(10)6-9)17(23-8)11-4-12(18)15(20)13(19)5-11/h2-7H,1H3,(H,21,24)(H,22,23). The summed E-state index contributed by atoms with van der Waals surface area (Å²) in [6.45, 7) is 1.73. The number of H-pyrrole nitrogens is 2. The second-order valence-corrected chi connectivity index (χ2v) is 5.47. The molecule has 0 bridgehead atoms. The number of aromatic nitrogens is 4. The largest absolute Gasteiger partial charge is 0.342 e. The molecule has 0 fully saturated rings. The van der Waals surface area contributed by atoms with Gasteiger partial charge >= 0.3 is 0 Å². The predicted molar refractivity (Wildman–Crippen MR) is 83.7 cm³/mol. The van der Waals surface area contributed by atoms with Crippen molar-refractivity contribution in [3.05, 3.63) is 59.8 Å². The summed E-state index contributed by atoms with van der Waals surface area (Å²) in [7, 11) is 0. The Morgan fingerprint density at radius 3 is 2.46 bits per heavy atom. The molecule has 0 aliphatic rings. The number of nitrogens with zero attached hydrogens (tertiary/aromatic N) is 2. The average molecular weight is 328 g/mol. The number of fused-ring (bicyclic) bond motifs is 1. The minimum absolute atomic E-state index is 0.162. The highest BCUT2D eigenvalue weighted by atomic mass is 19.2. The molecule has 4 rings (SSSR count). The summed E-state index contributed by atoms with van der Waals surface area (Å²) in [6.07, 6.45) is 1.70. The molecule has 4 aromatic rings. The number of hydrogen-bond donors (Lipinski definition) is 2. The predicted octanol–water partition coefficient (Wildman–Crippen LogP) is 4.35. The molecule has 0 aliphatic heterocycles. The first-order valence-corrected chi connectivity index (χ1v) is 7.18. The van der Waals surface area contributed by atoms with E-state index in [4.69, 9.17) is 0 Å². The molecule has 2 N–H and O–H groups in total. The lowest BCUT2D eigenvalue weighted by molar-refractivity contribution is 0.447. The molecule has 0 atom stereocenters. The van der Waals surface area contributed by atoms with E-state index in [-0.39, 0.29) is 5.56 Å². The molecule has 120 valence electrons. The second-order valence-electron chi connectivity index (χ2n) is 5.47. The van der Waals surface area contributed by atoms with Crippen molar-refractivity contribution in [1.29, 1.82) is 0 Å². The number of aromatic amines is 2. The van der Waals surface area contributed by atoms with Gasteiger partial charge in [0, 0.05) is 16.5 Å². The molecular formula is C17H11F3N4. The summed E-state index contributed by atoms with van der Waals surface area (Å²) in [6, 6.07) is 7.46. The van der Waals surface area contributed by atoms with Crippen LogP contribution < -0.4 is 0 Å². The molecule has 0 aliphatic carbocycles. The normalized spacial score (nSPS) is 11.3. The number of hydrogen-bond acceptors (Lipinski definition) is 2. The van der Waals surface area contributed by atoms with E-state index in [2.05, 4.69) is 20.2 Å². The summed E-state index contributed by atoms with van der Waals surface area (Å²) in [5, 5.41) is 7.77. The van der Waals surface area contributed by atoms with Crippen molar-refractivity contribution in [3.8, 4) is 22.5 Å². The van der Waals surface area contributed by atoms with E-state index < -0.39 is 17.5 Å². The first-order chi connectivity index (χ1) is 11.5. The average Bonchev–Trinajstić information content (AvgIpc) is 3.17. The highest BCUT2D eigenvalue weighted by molar-refractivity contribution is 5.86. The van der Waals surface area contributed by atoms with E-state index in [9.17, 15) is 13.2 Å². The number of benzene rings is 2. The van der Waals surface area contributed by atoms with E-state index in [0.29, 0.717) is 17.2 Å². The van der Waals surface area contributed by atoms with Crippen LogP contribution in [0, 0.1) is 24.4 Å². The van der Waals surface area contributed by atoms with Gasteiger partial charge in [-0.05, 0) is 25.1 Å². The van der Waals surface area contributed by atoms with E-state index in [1.54, 1.807) is 13.1 Å². The smallest absolute Gasteiger partial charge is 0.194 e. The van der Waals surface area contributed by atoms with Gasteiger partial charge in [0.15, 0.2) is 17.5 Å². The number of nitrogens with one attached hydrogen (secondary N) is 2. The molecule has 4 nitrogen and oxygen atoms in total. The molecule has 24 heavy (non-hydrogen) atoms. The Hall–Kier alpha value is -3.09. The van der Waals surface area contributed by atoms with Crippen LogP contribution in [0.25, 0.3) is 33.4 Å². The third kappa shape index (κ3) is 2.25. The van der Waals surface area contributed by atoms with Gasteiger partial charge in [-0.25, -0.2) is 18.2 Å². The van der Waals surface area contributed by atoms with Gasteiger partial charge < -0.3 is 4.98 Å². The fourth-order valence-electron chi connectivity index (χ4n) is 2.69. The minimum atomic E-state index is -1.49. The maximum Gasteiger partial charge on any atom is 0.194 e. The van der Waals surface area contributed by atoms with Gasteiger partial charge in [0.05, 0.1) is 23.1 Å². The molecule has 0 spiro atoms. The molecule has 2 aromatic carbocycles. The van der Waals surface area contributed by atoms with Crippen LogP contribution in [0.2, 0.25) is 0 Å². The van der Waals surface area contributed by atoms with Crippen LogP contribution in [-0.4, -0.2) is 20.2 Å². The topological polar surface area (TPSA) is 57.4 Å². The Morgan fingerprint density at radius 1 is 0.958 bits per heavy atom. The molecule has 2 aromatic heterocycles. The summed E-state index contributed by atoms with van der Waals surface area (Å²) < 4.78 is 40.3. The van der Waals surface area contributed by atoms with Crippen LogP contribution in [-0.2, 0) is 0 Å². The number of rotatable bonds is 2. The van der Waals surface area contributed by atoms with Crippen molar-refractivity contribution >= 4 is 10.9 Å². The van der Waals surface area contributed by atoms with Crippen molar-refractivity contribution in [2.75, 3.05) is 0 Å². The minimum Gasteiger partial charge on any atom is -0.342 e. The fraction of sp³-hybridized carbons (Fsp3) is 0.0588. The third-order valence-corrected chi connectivity index (χ3v) is 3.81. The van der Waals surface area contributed by atoms with Crippen LogP contribution in [0.3, 0.4) is 0 Å². The monoisotopic (exact) mass is 328 g/mol. The third-order valence-electron chi connectivity index (χ3n) is 3.81. The zero-order valence-electron chi connectivity index (χ0n) is 12.5. The van der Waals surface area contributed by atoms with Gasteiger partial charge in [-0.3, -0.25) is 5.10 Å². The van der Waals surface area contributed by atoms with Gasteiger partial charge in [-0.15, -0.1) is 0 Å². The van der Waals surface area contributed by atoms with Gasteiger partial charge in [0.25, 0.3) is 0 Å². The zero-order chi connectivity index (χ0) is 16.8. The highest BCUT2D eigenvalue weighted by Gasteiger charge is 2.18. The molecular weight excluding hydrogens is 317 g/mol. The summed E-state index contributed by atoms with van der Waals surface area (Å²) in [4.78, 5) is 7.39. The van der Waals surface area contributed by atoms with E-state index in [1.165, 1.54) is 0 Å². The quantitative estimate of drug-likeness (QED) is 0.538. The summed E-state index contributed by atoms with van der Waals surface area (Å²) in [5.74, 6) is -3.41. The van der Waals surface area contributed by atoms with Crippen LogP contribution in [0.1, 0.15) is 5.82 Å². The lowest BCUT2D eigenvalue weighted by Crippen LogP contribution is -1.93. The van der Waals surface area contributed by atoms with Gasteiger partial charge in [0.1, 0.15) is 5.82 Å². The van der Waals surface area contributed by atoms with Gasteiger partial charge in [-0.2, -0.15) is 5.10 Å². The number of imidazole rings is 1. The van der Waals surface area contributed by atoms with Crippen molar-refractivity contribution < 1.29 is 13.2 Å². The van der Waals surface area contributed by atoms with Crippen molar-refractivity contribution in [2.45, 2.75) is 6.92 Å². The molecule has 2 heterocycles. The van der Waals surface area contributed by atoms with E-state index in [1.807, 2.05) is 18.2 Å². The SMILES string of the molecule is Cc1nc(-c2cc(F)c(F)c(F)c2)c(-c2ccc3cn[nH]c3c2)[nH]1. The van der Waals surface area contributed by atoms with Gasteiger partial charge in [0.2, 0.25) is 0 Å². The Kier molecular flexibility index (Phi) is 3.16. The van der Waals surface area contributed by atoms with Crippen molar-refractivity contribution in [3.63, 3.8) is 0 Å². The molecule has 0 saturated heterocycles. The first kappa shape index (κ1) is 14.5. The van der Waals surface area contributed by atoms with E-state index >= 15 is 0 Å². The van der Waals surface area contributed by atoms with Crippen LogP contribution in [0.15, 0.2) is 36.5 Å². The van der Waals surface area contributed by atoms with Crippen molar-refractivity contribution in [1.82, 2.24) is 20.2 Å². The Morgan fingerprint density at radius 2 is 1.71 bits per heavy atom. The Labute approximate surface area is 134 Å². The fourth-order valence-corrected chi connectivity index (χ4v) is 2.69. The first-order valence-electron chi connectivity index (χ1n) is 7.18. The second kappa shape index (κ2) is 5.23. The zero-order valence-corrected chi connectivity index (χ0v) is 12.5. The van der Waals surface area contributed by atoms with Crippen LogP contribution in [0.4, 0.5) is 13.2 Å². The summed E-state index contributed by atoms with van der Waals surface area (Å²) >= 11 is 0. The maximum atomic E-state index is 13.6. The molecule has 7 heteroatoms. The number of aryl methyl sites for hydroxylation is 1. The molecule has 0 saturated carbocycles. The molecule has 0 radical (unpaired) electrons.